The summed E-state index contributed by atoms with van der Waals surface area (Å²) in [5, 5.41) is 0. The number of hydrogen-bond donors (Lipinski definition) is 0. The van der Waals surface area contributed by atoms with Gasteiger partial charge in [0.2, 0.25) is 0 Å². The van der Waals surface area contributed by atoms with Gasteiger partial charge in [-0.3, -0.25) is 4.79 Å². The molecule has 0 saturated heterocycles. The highest BCUT2D eigenvalue weighted by molar-refractivity contribution is 5.94. The Balaban J connectivity index is 1.51. The van der Waals surface area contributed by atoms with Crippen molar-refractivity contribution in [3.8, 4) is 11.5 Å². The molecule has 1 aliphatic heterocycles. The minimum absolute atomic E-state index is 0.161. The molecule has 0 bridgehead atoms. The van der Waals surface area contributed by atoms with E-state index in [1.807, 2.05) is 63.2 Å². The first kappa shape index (κ1) is 21.9. The molecule has 1 amide bonds. The van der Waals surface area contributed by atoms with Crippen molar-refractivity contribution in [2.45, 2.75) is 45.4 Å². The van der Waals surface area contributed by atoms with E-state index in [-0.39, 0.29) is 17.6 Å². The first-order valence-electron chi connectivity index (χ1n) is 10.8. The van der Waals surface area contributed by atoms with Crippen LogP contribution in [0.1, 0.15) is 42.3 Å². The van der Waals surface area contributed by atoms with Gasteiger partial charge in [-0.05, 0) is 80.8 Å². The quantitative estimate of drug-likeness (QED) is 0.522. The van der Waals surface area contributed by atoms with Crippen LogP contribution in [0.25, 0.3) is 0 Å². The molecular weight excluding hydrogens is 405 g/mol. The third-order valence-electron chi connectivity index (χ3n) is 5.38. The van der Waals surface area contributed by atoms with Crippen LogP contribution in [-0.4, -0.2) is 29.1 Å². The number of benzene rings is 3. The van der Waals surface area contributed by atoms with Gasteiger partial charge in [0.15, 0.2) is 0 Å². The van der Waals surface area contributed by atoms with Crippen molar-refractivity contribution in [1.82, 2.24) is 4.90 Å². The predicted molar refractivity (Wildman–Crippen MR) is 123 cm³/mol. The fraction of sp³-hybridized carbons (Fsp3) is 0.296. The van der Waals surface area contributed by atoms with Crippen molar-refractivity contribution in [2.75, 3.05) is 6.61 Å². The van der Waals surface area contributed by atoms with E-state index in [1.165, 1.54) is 17.7 Å². The van der Waals surface area contributed by atoms with Gasteiger partial charge in [0.1, 0.15) is 29.5 Å². The van der Waals surface area contributed by atoms with Crippen LogP contribution in [0.5, 0.6) is 11.5 Å². The average Bonchev–Trinajstić information content (AvgIpc) is 2.76. The number of hydrogen-bond acceptors (Lipinski definition) is 3. The van der Waals surface area contributed by atoms with Crippen LogP contribution in [0.3, 0.4) is 0 Å². The summed E-state index contributed by atoms with van der Waals surface area (Å²) in [6, 6.07) is 21.3. The summed E-state index contributed by atoms with van der Waals surface area (Å²) in [7, 11) is 0. The summed E-state index contributed by atoms with van der Waals surface area (Å²) in [6.45, 7) is 6.82. The summed E-state index contributed by atoms with van der Waals surface area (Å²) < 4.78 is 25.7. The van der Waals surface area contributed by atoms with Crippen molar-refractivity contribution in [3.05, 3.63) is 95.3 Å². The molecule has 0 fully saturated rings. The Morgan fingerprint density at radius 1 is 0.969 bits per heavy atom. The smallest absolute Gasteiger partial charge is 0.254 e. The molecule has 3 aromatic rings. The Labute approximate surface area is 188 Å². The number of carbonyl (C=O) groups is 1. The fourth-order valence-electron chi connectivity index (χ4n) is 3.91. The Hall–Kier alpha value is -3.34. The van der Waals surface area contributed by atoms with E-state index >= 15 is 0 Å². The Kier molecular flexibility index (Phi) is 6.17. The van der Waals surface area contributed by atoms with Crippen molar-refractivity contribution >= 4 is 5.91 Å². The van der Waals surface area contributed by atoms with Crippen molar-refractivity contribution in [1.29, 1.82) is 0 Å². The van der Waals surface area contributed by atoms with Gasteiger partial charge < -0.3 is 14.4 Å². The highest BCUT2D eigenvalue weighted by Crippen LogP contribution is 2.27. The lowest BCUT2D eigenvalue weighted by molar-refractivity contribution is 0.0566. The van der Waals surface area contributed by atoms with E-state index in [1.54, 1.807) is 17.0 Å². The predicted octanol–water partition coefficient (Wildman–Crippen LogP) is 5.65. The van der Waals surface area contributed by atoms with Crippen LogP contribution >= 0.6 is 0 Å². The zero-order valence-electron chi connectivity index (χ0n) is 18.7. The van der Waals surface area contributed by atoms with Crippen LogP contribution in [0.15, 0.2) is 72.8 Å². The van der Waals surface area contributed by atoms with Crippen molar-refractivity contribution in [3.63, 3.8) is 0 Å². The minimum Gasteiger partial charge on any atom is -0.491 e. The van der Waals surface area contributed by atoms with Gasteiger partial charge in [0.25, 0.3) is 5.91 Å². The maximum atomic E-state index is 13.7. The normalized spacial score (nSPS) is 15.8. The monoisotopic (exact) mass is 433 g/mol. The van der Waals surface area contributed by atoms with Gasteiger partial charge in [-0.25, -0.2) is 4.39 Å². The van der Waals surface area contributed by atoms with Crippen LogP contribution in [0, 0.1) is 5.82 Å². The van der Waals surface area contributed by atoms with E-state index in [0.717, 1.165) is 11.3 Å². The van der Waals surface area contributed by atoms with E-state index in [9.17, 15) is 9.18 Å². The standard InChI is InChI=1S/C27H28FNO3/c1-27(2,3)32-25-13-11-24(12-14-25)31-18-23-16-19-7-4-5-8-21(19)17-29(23)26(30)20-9-6-10-22(28)15-20/h4-15,23H,16-18H2,1-3H3/t23-/m0/s1. The summed E-state index contributed by atoms with van der Waals surface area (Å²) in [6.07, 6.45) is 0.683. The SMILES string of the molecule is CC(C)(C)Oc1ccc(OC[C@@H]2Cc3ccccc3CN2C(=O)c2cccc(F)c2)cc1. The maximum absolute atomic E-state index is 13.7. The fourth-order valence-corrected chi connectivity index (χ4v) is 3.91. The number of fused-ring (bicyclic) bond motifs is 1. The topological polar surface area (TPSA) is 38.8 Å². The van der Waals surface area contributed by atoms with E-state index in [2.05, 4.69) is 6.07 Å². The summed E-state index contributed by atoms with van der Waals surface area (Å²) in [5.41, 5.74) is 2.39. The van der Waals surface area contributed by atoms with Crippen LogP contribution in [0.4, 0.5) is 4.39 Å². The second kappa shape index (κ2) is 9.03. The van der Waals surface area contributed by atoms with Gasteiger partial charge in [0.05, 0.1) is 6.04 Å². The summed E-state index contributed by atoms with van der Waals surface area (Å²) >= 11 is 0. The van der Waals surface area contributed by atoms with Gasteiger partial charge in [-0.1, -0.05) is 30.3 Å². The van der Waals surface area contributed by atoms with Gasteiger partial charge in [0, 0.05) is 12.1 Å². The number of rotatable bonds is 5. The van der Waals surface area contributed by atoms with Crippen LogP contribution in [-0.2, 0) is 13.0 Å². The molecule has 0 aromatic heterocycles. The van der Waals surface area contributed by atoms with Crippen LogP contribution in [0.2, 0.25) is 0 Å². The lowest BCUT2D eigenvalue weighted by Gasteiger charge is -2.37. The van der Waals surface area contributed by atoms with Crippen molar-refractivity contribution in [2.24, 2.45) is 0 Å². The third kappa shape index (κ3) is 5.28. The Morgan fingerprint density at radius 3 is 2.34 bits per heavy atom. The van der Waals surface area contributed by atoms with Gasteiger partial charge in [-0.2, -0.15) is 0 Å². The molecule has 0 unspecified atom stereocenters. The van der Waals surface area contributed by atoms with E-state index in [4.69, 9.17) is 9.47 Å². The Morgan fingerprint density at radius 2 is 1.66 bits per heavy atom. The molecular formula is C27H28FNO3. The second-order valence-electron chi connectivity index (χ2n) is 9.07. The molecule has 0 N–H and O–H groups in total. The van der Waals surface area contributed by atoms with Crippen LogP contribution < -0.4 is 9.47 Å². The first-order valence-corrected chi connectivity index (χ1v) is 10.8. The molecule has 0 radical (unpaired) electrons. The van der Waals surface area contributed by atoms with Gasteiger partial charge in [-0.15, -0.1) is 0 Å². The average molecular weight is 434 g/mol. The molecule has 0 aliphatic carbocycles. The summed E-state index contributed by atoms with van der Waals surface area (Å²) in [5.74, 6) is 0.878. The largest absolute Gasteiger partial charge is 0.491 e. The molecule has 32 heavy (non-hydrogen) atoms. The molecule has 4 nitrogen and oxygen atoms in total. The number of ether oxygens (including phenoxy) is 2. The molecule has 0 saturated carbocycles. The highest BCUT2D eigenvalue weighted by atomic mass is 19.1. The number of amides is 1. The first-order chi connectivity index (χ1) is 15.3. The zero-order chi connectivity index (χ0) is 22.7. The van der Waals surface area contributed by atoms with Gasteiger partial charge >= 0.3 is 0 Å². The maximum Gasteiger partial charge on any atom is 0.254 e. The molecule has 166 valence electrons. The second-order valence-corrected chi connectivity index (χ2v) is 9.07. The number of nitrogens with zero attached hydrogens (tertiary/aromatic N) is 1. The zero-order valence-corrected chi connectivity index (χ0v) is 18.7. The highest BCUT2D eigenvalue weighted by Gasteiger charge is 2.31. The molecule has 3 aromatic carbocycles. The molecule has 1 atom stereocenters. The Bertz CT molecular complexity index is 1090. The lowest BCUT2D eigenvalue weighted by Crippen LogP contribution is -2.47. The summed E-state index contributed by atoms with van der Waals surface area (Å²) in [4.78, 5) is 15.0. The van der Waals surface area contributed by atoms with E-state index in [0.29, 0.717) is 30.9 Å². The molecule has 0 spiro atoms. The number of halogens is 1. The molecule has 1 aliphatic rings. The van der Waals surface area contributed by atoms with Crippen molar-refractivity contribution < 1.29 is 18.7 Å². The minimum atomic E-state index is -0.418. The molecule has 1 heterocycles. The molecule has 4 rings (SSSR count). The third-order valence-corrected chi connectivity index (χ3v) is 5.38. The van der Waals surface area contributed by atoms with E-state index < -0.39 is 5.82 Å². The molecule has 5 heteroatoms. The lowest BCUT2D eigenvalue weighted by atomic mass is 9.93. The number of carbonyl (C=O) groups excluding carboxylic acids is 1.